The fourth-order valence-corrected chi connectivity index (χ4v) is 2.32. The Balaban J connectivity index is 2.56. The predicted molar refractivity (Wildman–Crippen MR) is 76.4 cm³/mol. The summed E-state index contributed by atoms with van der Waals surface area (Å²) in [4.78, 5) is 0.326. The molecule has 7 heteroatoms. The summed E-state index contributed by atoms with van der Waals surface area (Å²) in [5.41, 5.74) is 7.08. The molecule has 0 fully saturated rings. The van der Waals surface area contributed by atoms with E-state index in [2.05, 4.69) is 9.44 Å². The summed E-state index contributed by atoms with van der Waals surface area (Å²) in [5, 5.41) is 0. The molecule has 0 saturated carbocycles. The van der Waals surface area contributed by atoms with Gasteiger partial charge in [0.25, 0.3) is 10.2 Å². The van der Waals surface area contributed by atoms with Gasteiger partial charge in [-0.2, -0.15) is 13.1 Å². The van der Waals surface area contributed by atoms with Crippen molar-refractivity contribution in [2.75, 3.05) is 6.54 Å². The van der Waals surface area contributed by atoms with Gasteiger partial charge in [-0.3, -0.25) is 0 Å². The van der Waals surface area contributed by atoms with Gasteiger partial charge in [-0.15, -0.1) is 0 Å². The zero-order chi connectivity index (χ0) is 13.6. The molecule has 0 heterocycles. The molecule has 0 aromatic heterocycles. The Hall–Kier alpha value is -1.02. The molecule has 18 heavy (non-hydrogen) atoms. The SMILES string of the molecule is CCCNS(=O)(=O)NCc1ccc(C(N)=S)cc1. The molecule has 4 N–H and O–H groups in total. The lowest BCUT2D eigenvalue weighted by molar-refractivity contribution is 0.565. The number of nitrogens with two attached hydrogens (primary N) is 1. The molecule has 0 aliphatic rings. The van der Waals surface area contributed by atoms with Gasteiger partial charge in [0.2, 0.25) is 0 Å². The van der Waals surface area contributed by atoms with E-state index in [0.29, 0.717) is 11.5 Å². The van der Waals surface area contributed by atoms with Crippen molar-refractivity contribution >= 4 is 27.4 Å². The van der Waals surface area contributed by atoms with Gasteiger partial charge in [-0.25, -0.2) is 4.72 Å². The molecular weight excluding hydrogens is 270 g/mol. The van der Waals surface area contributed by atoms with Gasteiger partial charge in [0.1, 0.15) is 4.99 Å². The number of thiocarbonyl (C=S) groups is 1. The Morgan fingerprint density at radius 2 is 1.89 bits per heavy atom. The lowest BCUT2D eigenvalue weighted by Gasteiger charge is -2.07. The Bertz CT molecular complexity index is 498. The van der Waals surface area contributed by atoms with Crippen molar-refractivity contribution in [2.45, 2.75) is 19.9 Å². The van der Waals surface area contributed by atoms with Crippen molar-refractivity contribution in [3.8, 4) is 0 Å². The summed E-state index contributed by atoms with van der Waals surface area (Å²) < 4.78 is 27.8. The quantitative estimate of drug-likeness (QED) is 0.643. The summed E-state index contributed by atoms with van der Waals surface area (Å²) in [5.74, 6) is 0. The molecule has 0 aliphatic heterocycles. The van der Waals surface area contributed by atoms with Crippen LogP contribution in [-0.2, 0) is 16.8 Å². The molecule has 0 atom stereocenters. The average Bonchev–Trinajstić information content (AvgIpc) is 2.35. The predicted octanol–water partition coefficient (Wildman–Crippen LogP) is 0.655. The molecule has 100 valence electrons. The van der Waals surface area contributed by atoms with Crippen LogP contribution in [0, 0.1) is 0 Å². The minimum absolute atomic E-state index is 0.233. The zero-order valence-corrected chi connectivity index (χ0v) is 11.8. The van der Waals surface area contributed by atoms with Crippen LogP contribution in [0.15, 0.2) is 24.3 Å². The first kappa shape index (κ1) is 15.0. The Labute approximate surface area is 113 Å². The van der Waals surface area contributed by atoms with Gasteiger partial charge in [-0.1, -0.05) is 43.4 Å². The highest BCUT2D eigenvalue weighted by molar-refractivity contribution is 7.87. The van der Waals surface area contributed by atoms with Crippen LogP contribution in [0.2, 0.25) is 0 Å². The lowest BCUT2D eigenvalue weighted by atomic mass is 10.1. The fraction of sp³-hybridized carbons (Fsp3) is 0.364. The Morgan fingerprint density at radius 1 is 1.28 bits per heavy atom. The van der Waals surface area contributed by atoms with E-state index in [0.717, 1.165) is 17.5 Å². The third-order valence-corrected chi connectivity index (χ3v) is 3.59. The molecule has 1 rings (SSSR count). The van der Waals surface area contributed by atoms with Crippen molar-refractivity contribution in [1.29, 1.82) is 0 Å². The molecule has 5 nitrogen and oxygen atoms in total. The highest BCUT2D eigenvalue weighted by Gasteiger charge is 2.07. The van der Waals surface area contributed by atoms with Gasteiger partial charge in [0.15, 0.2) is 0 Å². The maximum atomic E-state index is 11.5. The van der Waals surface area contributed by atoms with Crippen LogP contribution in [0.25, 0.3) is 0 Å². The maximum absolute atomic E-state index is 11.5. The van der Waals surface area contributed by atoms with Crippen molar-refractivity contribution in [3.63, 3.8) is 0 Å². The molecule has 0 aliphatic carbocycles. The Kier molecular flexibility index (Phi) is 5.67. The summed E-state index contributed by atoms with van der Waals surface area (Å²) in [6.45, 7) is 2.56. The van der Waals surface area contributed by atoms with Crippen molar-refractivity contribution < 1.29 is 8.42 Å². The molecule has 0 spiro atoms. The third-order valence-electron chi connectivity index (χ3n) is 2.25. The zero-order valence-electron chi connectivity index (χ0n) is 10.1. The van der Waals surface area contributed by atoms with Crippen LogP contribution in [0.4, 0.5) is 0 Å². The first-order valence-corrected chi connectivity index (χ1v) is 7.46. The second-order valence-corrected chi connectivity index (χ2v) is 5.80. The van der Waals surface area contributed by atoms with Crippen LogP contribution in [0.1, 0.15) is 24.5 Å². The van der Waals surface area contributed by atoms with E-state index in [1.54, 1.807) is 24.3 Å². The molecule has 0 amide bonds. The molecular formula is C11H17N3O2S2. The van der Waals surface area contributed by atoms with E-state index in [-0.39, 0.29) is 6.54 Å². The van der Waals surface area contributed by atoms with Gasteiger partial charge >= 0.3 is 0 Å². The van der Waals surface area contributed by atoms with E-state index in [4.69, 9.17) is 18.0 Å². The van der Waals surface area contributed by atoms with E-state index in [1.165, 1.54) is 0 Å². The summed E-state index contributed by atoms with van der Waals surface area (Å²) in [6, 6.07) is 7.12. The summed E-state index contributed by atoms with van der Waals surface area (Å²) in [6.07, 6.45) is 0.754. The van der Waals surface area contributed by atoms with Crippen molar-refractivity contribution in [2.24, 2.45) is 5.73 Å². The van der Waals surface area contributed by atoms with Gasteiger partial charge in [-0.05, 0) is 12.0 Å². The van der Waals surface area contributed by atoms with E-state index >= 15 is 0 Å². The van der Waals surface area contributed by atoms with Crippen LogP contribution in [-0.4, -0.2) is 20.0 Å². The van der Waals surface area contributed by atoms with Crippen LogP contribution in [0.5, 0.6) is 0 Å². The van der Waals surface area contributed by atoms with Crippen LogP contribution >= 0.6 is 12.2 Å². The first-order valence-electron chi connectivity index (χ1n) is 5.57. The second kappa shape index (κ2) is 6.79. The number of benzene rings is 1. The third kappa shape index (κ3) is 5.09. The molecule has 0 unspecified atom stereocenters. The fourth-order valence-electron chi connectivity index (χ4n) is 1.25. The topological polar surface area (TPSA) is 84.2 Å². The number of hydrogen-bond acceptors (Lipinski definition) is 3. The normalized spacial score (nSPS) is 11.4. The van der Waals surface area contributed by atoms with Crippen molar-refractivity contribution in [1.82, 2.24) is 9.44 Å². The Morgan fingerprint density at radius 3 is 2.39 bits per heavy atom. The molecule has 1 aromatic carbocycles. The van der Waals surface area contributed by atoms with Crippen molar-refractivity contribution in [3.05, 3.63) is 35.4 Å². The minimum Gasteiger partial charge on any atom is -0.389 e. The summed E-state index contributed by atoms with van der Waals surface area (Å²) in [7, 11) is -3.42. The smallest absolute Gasteiger partial charge is 0.277 e. The standard InChI is InChI=1S/C11H17N3O2S2/c1-2-7-13-18(15,16)14-8-9-3-5-10(6-4-9)11(12)17/h3-6,13-14H,2,7-8H2,1H3,(H2,12,17). The molecule has 0 bridgehead atoms. The van der Waals surface area contributed by atoms with E-state index < -0.39 is 10.2 Å². The molecule has 1 aromatic rings. The monoisotopic (exact) mass is 287 g/mol. The highest BCUT2D eigenvalue weighted by atomic mass is 32.2. The first-order chi connectivity index (χ1) is 8.44. The molecule has 0 radical (unpaired) electrons. The minimum atomic E-state index is -3.42. The number of rotatable bonds is 7. The van der Waals surface area contributed by atoms with Crippen LogP contribution in [0.3, 0.4) is 0 Å². The average molecular weight is 287 g/mol. The number of nitrogens with one attached hydrogen (secondary N) is 2. The lowest BCUT2D eigenvalue weighted by Crippen LogP contribution is -2.36. The van der Waals surface area contributed by atoms with E-state index in [1.807, 2.05) is 6.92 Å². The second-order valence-electron chi connectivity index (χ2n) is 3.78. The summed E-state index contributed by atoms with van der Waals surface area (Å²) >= 11 is 4.83. The van der Waals surface area contributed by atoms with Gasteiger partial charge in [0.05, 0.1) is 0 Å². The van der Waals surface area contributed by atoms with Crippen LogP contribution < -0.4 is 15.2 Å². The number of hydrogen-bond donors (Lipinski definition) is 3. The van der Waals surface area contributed by atoms with Gasteiger partial charge in [0, 0.05) is 18.7 Å². The maximum Gasteiger partial charge on any atom is 0.277 e. The van der Waals surface area contributed by atoms with Gasteiger partial charge < -0.3 is 5.73 Å². The largest absolute Gasteiger partial charge is 0.389 e. The molecule has 0 saturated heterocycles. The highest BCUT2D eigenvalue weighted by Crippen LogP contribution is 2.04. The van der Waals surface area contributed by atoms with E-state index in [9.17, 15) is 8.42 Å².